The monoisotopic (exact) mass is 174 g/mol. The van der Waals surface area contributed by atoms with Crippen LogP contribution in [0.15, 0.2) is 0 Å². The van der Waals surface area contributed by atoms with E-state index in [1.54, 1.807) is 6.92 Å². The summed E-state index contributed by atoms with van der Waals surface area (Å²) in [5, 5.41) is 16.5. The minimum Gasteiger partial charge on any atom is -0.396 e. The van der Waals surface area contributed by atoms with Crippen molar-refractivity contribution in [2.24, 2.45) is 0 Å². The largest absolute Gasteiger partial charge is 0.396 e. The highest BCUT2D eigenvalue weighted by atomic mass is 16.3. The molecule has 1 rings (SSSR count). The van der Waals surface area contributed by atoms with Crippen LogP contribution in [0.1, 0.15) is 51.9 Å². The van der Waals surface area contributed by atoms with Crippen molar-refractivity contribution in [1.29, 1.82) is 0 Å². The molecule has 1 atom stereocenters. The van der Waals surface area contributed by atoms with Crippen LogP contribution < -0.4 is 0 Å². The lowest BCUT2D eigenvalue weighted by Crippen LogP contribution is -2.00. The van der Waals surface area contributed by atoms with Crippen LogP contribution >= 0.6 is 0 Å². The zero-order valence-electron chi connectivity index (χ0n) is 8.13. The van der Waals surface area contributed by atoms with Crippen LogP contribution in [-0.4, -0.2) is 22.9 Å². The van der Waals surface area contributed by atoms with Gasteiger partial charge in [0.1, 0.15) is 0 Å². The molecule has 1 aliphatic carbocycles. The topological polar surface area (TPSA) is 40.5 Å². The van der Waals surface area contributed by atoms with E-state index in [-0.39, 0.29) is 12.7 Å². The van der Waals surface area contributed by atoms with E-state index < -0.39 is 0 Å². The van der Waals surface area contributed by atoms with Crippen molar-refractivity contribution in [3.05, 3.63) is 0 Å². The van der Waals surface area contributed by atoms with Gasteiger partial charge < -0.3 is 10.2 Å². The van der Waals surface area contributed by atoms with Crippen molar-refractivity contribution in [2.75, 3.05) is 6.61 Å². The van der Waals surface area contributed by atoms with Crippen LogP contribution in [0.25, 0.3) is 0 Å². The minimum atomic E-state index is -0.352. The first-order valence-electron chi connectivity index (χ1n) is 5.06. The number of hydrogen-bond acceptors (Lipinski definition) is 2. The van der Waals surface area contributed by atoms with Crippen LogP contribution in [-0.2, 0) is 0 Å². The zero-order valence-corrected chi connectivity index (χ0v) is 8.13. The fourth-order valence-electron chi connectivity index (χ4n) is 1.25. The van der Waals surface area contributed by atoms with Gasteiger partial charge in [0.05, 0.1) is 6.10 Å². The third-order valence-electron chi connectivity index (χ3n) is 2.05. The predicted octanol–water partition coefficient (Wildman–Crippen LogP) is 2.09. The smallest absolute Gasteiger partial charge is 0.0533 e. The average Bonchev–Trinajstić information content (AvgIpc) is 2.08. The van der Waals surface area contributed by atoms with Crippen molar-refractivity contribution in [3.63, 3.8) is 0 Å². The summed E-state index contributed by atoms with van der Waals surface area (Å²) in [7, 11) is 0. The fraction of sp³-hybridized carbons (Fsp3) is 1.00. The van der Waals surface area contributed by atoms with E-state index in [4.69, 9.17) is 10.2 Å². The van der Waals surface area contributed by atoms with Gasteiger partial charge >= 0.3 is 0 Å². The Morgan fingerprint density at radius 3 is 1.42 bits per heavy atom. The molecule has 0 aliphatic heterocycles. The van der Waals surface area contributed by atoms with Crippen molar-refractivity contribution < 1.29 is 10.2 Å². The summed E-state index contributed by atoms with van der Waals surface area (Å²) in [6.07, 6.45) is 9.13. The van der Waals surface area contributed by atoms with Gasteiger partial charge in [-0.3, -0.25) is 0 Å². The van der Waals surface area contributed by atoms with Crippen LogP contribution in [0.4, 0.5) is 0 Å². The van der Waals surface area contributed by atoms with E-state index in [9.17, 15) is 0 Å². The summed E-state index contributed by atoms with van der Waals surface area (Å²) in [4.78, 5) is 0. The van der Waals surface area contributed by atoms with Gasteiger partial charge in [-0.25, -0.2) is 0 Å². The first-order valence-corrected chi connectivity index (χ1v) is 5.06. The first-order chi connectivity index (χ1) is 5.77. The molecule has 0 aromatic heterocycles. The Bertz CT molecular complexity index is 66.4. The minimum absolute atomic E-state index is 0.0810. The lowest BCUT2D eigenvalue weighted by molar-refractivity contribution is 0.148. The van der Waals surface area contributed by atoms with Gasteiger partial charge in [0, 0.05) is 6.61 Å². The normalized spacial score (nSPS) is 19.2. The van der Waals surface area contributed by atoms with Gasteiger partial charge in [-0.05, 0) is 13.3 Å². The number of rotatable bonds is 2. The number of hydrogen-bond donors (Lipinski definition) is 2. The van der Waals surface area contributed by atoms with Crippen molar-refractivity contribution >= 4 is 0 Å². The molecule has 0 amide bonds. The van der Waals surface area contributed by atoms with Crippen molar-refractivity contribution in [3.8, 4) is 0 Å². The van der Waals surface area contributed by atoms with Crippen LogP contribution in [0, 0.1) is 0 Å². The average molecular weight is 174 g/mol. The third-order valence-corrected chi connectivity index (χ3v) is 2.05. The molecule has 0 spiro atoms. The van der Waals surface area contributed by atoms with Crippen LogP contribution in [0.5, 0.6) is 0 Å². The summed E-state index contributed by atoms with van der Waals surface area (Å²) >= 11 is 0. The van der Waals surface area contributed by atoms with E-state index in [2.05, 4.69) is 0 Å². The maximum atomic E-state index is 8.39. The van der Waals surface area contributed by atoms with Crippen molar-refractivity contribution in [1.82, 2.24) is 0 Å². The maximum absolute atomic E-state index is 8.39. The van der Waals surface area contributed by atoms with Crippen LogP contribution in [0.3, 0.4) is 0 Å². The Kier molecular flexibility index (Phi) is 8.95. The van der Waals surface area contributed by atoms with E-state index in [0.717, 1.165) is 0 Å². The van der Waals surface area contributed by atoms with Gasteiger partial charge in [0.2, 0.25) is 0 Å². The molecule has 0 saturated heterocycles. The predicted molar refractivity (Wildman–Crippen MR) is 51.1 cm³/mol. The second kappa shape index (κ2) is 9.01. The molecule has 1 unspecified atom stereocenters. The summed E-state index contributed by atoms with van der Waals surface area (Å²) in [5.41, 5.74) is 0. The molecule has 0 heterocycles. The molecule has 12 heavy (non-hydrogen) atoms. The lowest BCUT2D eigenvalue weighted by atomic mass is 10.0. The van der Waals surface area contributed by atoms with Gasteiger partial charge in [-0.1, -0.05) is 38.5 Å². The molecule has 0 radical (unpaired) electrons. The molecule has 2 nitrogen and oxygen atoms in total. The van der Waals surface area contributed by atoms with Crippen molar-refractivity contribution in [2.45, 2.75) is 58.0 Å². The highest BCUT2D eigenvalue weighted by molar-refractivity contribution is 4.51. The molecule has 2 heteroatoms. The standard InChI is InChI=1S/C6H12.C4H10O2/c1-2-4-6-5-3-1;1-4(6)2-3-5/h1-6H2;4-6H,2-3H2,1H3. The molecule has 2 N–H and O–H groups in total. The molecule has 1 fully saturated rings. The van der Waals surface area contributed by atoms with Gasteiger partial charge in [0.15, 0.2) is 0 Å². The van der Waals surface area contributed by atoms with Gasteiger partial charge in [-0.2, -0.15) is 0 Å². The summed E-state index contributed by atoms with van der Waals surface area (Å²) < 4.78 is 0. The highest BCUT2D eigenvalue weighted by Gasteiger charge is 1.95. The van der Waals surface area contributed by atoms with E-state index in [1.807, 2.05) is 0 Å². The Labute approximate surface area is 75.6 Å². The summed E-state index contributed by atoms with van der Waals surface area (Å²) in [6, 6.07) is 0. The Hall–Kier alpha value is -0.0800. The Morgan fingerprint density at radius 1 is 1.00 bits per heavy atom. The Morgan fingerprint density at radius 2 is 1.33 bits per heavy atom. The molecule has 1 aliphatic rings. The fourth-order valence-corrected chi connectivity index (χ4v) is 1.25. The number of aliphatic hydroxyl groups is 2. The van der Waals surface area contributed by atoms with Crippen LogP contribution in [0.2, 0.25) is 0 Å². The van der Waals surface area contributed by atoms with E-state index >= 15 is 0 Å². The molecule has 1 saturated carbocycles. The van der Waals surface area contributed by atoms with E-state index in [0.29, 0.717) is 6.42 Å². The maximum Gasteiger partial charge on any atom is 0.0533 e. The Balaban J connectivity index is 0.000000202. The quantitative estimate of drug-likeness (QED) is 0.673. The molecular formula is C10H22O2. The molecule has 0 bridgehead atoms. The summed E-state index contributed by atoms with van der Waals surface area (Å²) in [6.45, 7) is 1.73. The summed E-state index contributed by atoms with van der Waals surface area (Å²) in [5.74, 6) is 0. The van der Waals surface area contributed by atoms with Gasteiger partial charge in [0.25, 0.3) is 0 Å². The van der Waals surface area contributed by atoms with Gasteiger partial charge in [-0.15, -0.1) is 0 Å². The second-order valence-electron chi connectivity index (χ2n) is 3.48. The number of aliphatic hydroxyl groups excluding tert-OH is 2. The SMILES string of the molecule is C1CCCCC1.CC(O)CCO. The zero-order chi connectivity index (χ0) is 9.23. The lowest BCUT2D eigenvalue weighted by Gasteiger charge is -2.05. The molecule has 0 aromatic carbocycles. The second-order valence-corrected chi connectivity index (χ2v) is 3.48. The third kappa shape index (κ3) is 9.92. The first kappa shape index (κ1) is 11.9. The van der Waals surface area contributed by atoms with E-state index in [1.165, 1.54) is 38.5 Å². The molecular weight excluding hydrogens is 152 g/mol. The molecule has 0 aromatic rings. The highest BCUT2D eigenvalue weighted by Crippen LogP contribution is 2.15. The molecule has 74 valence electrons.